The lowest BCUT2D eigenvalue weighted by atomic mass is 10.1. The number of hydrogen-bond acceptors (Lipinski definition) is 3. The number of benzene rings is 2. The SMILES string of the molecule is CN=C(NCCc1c[nH]c2cc(C)ccc12)NCCS(=O)(=O)c1ccccc1F.I. The molecule has 0 amide bonds. The van der Waals surface area contributed by atoms with Crippen molar-refractivity contribution in [3.05, 3.63) is 65.6 Å². The smallest absolute Gasteiger partial charge is 0.191 e. The molecule has 6 nitrogen and oxygen atoms in total. The fraction of sp³-hybridized carbons (Fsp3) is 0.286. The van der Waals surface area contributed by atoms with Gasteiger partial charge in [-0.15, -0.1) is 24.0 Å². The van der Waals surface area contributed by atoms with Crippen LogP contribution in [0.4, 0.5) is 4.39 Å². The van der Waals surface area contributed by atoms with E-state index in [9.17, 15) is 12.8 Å². The number of aryl methyl sites for hydroxylation is 1. The molecule has 0 saturated heterocycles. The summed E-state index contributed by atoms with van der Waals surface area (Å²) in [5.74, 6) is -0.454. The summed E-state index contributed by atoms with van der Waals surface area (Å²) in [6.45, 7) is 2.83. The van der Waals surface area contributed by atoms with E-state index in [1.165, 1.54) is 34.7 Å². The first-order valence-electron chi connectivity index (χ1n) is 9.39. The van der Waals surface area contributed by atoms with Crippen LogP contribution < -0.4 is 10.6 Å². The summed E-state index contributed by atoms with van der Waals surface area (Å²) in [5, 5.41) is 7.34. The first kappa shape index (κ1) is 24.1. The molecule has 9 heteroatoms. The summed E-state index contributed by atoms with van der Waals surface area (Å²) in [5.41, 5.74) is 3.52. The van der Waals surface area contributed by atoms with Crippen LogP contribution in [0.1, 0.15) is 11.1 Å². The van der Waals surface area contributed by atoms with E-state index >= 15 is 0 Å². The summed E-state index contributed by atoms with van der Waals surface area (Å²) in [7, 11) is -2.08. The van der Waals surface area contributed by atoms with E-state index in [2.05, 4.69) is 45.7 Å². The Kier molecular flexibility index (Phi) is 8.65. The Bertz CT molecular complexity index is 1130. The van der Waals surface area contributed by atoms with Crippen molar-refractivity contribution in [3.8, 4) is 0 Å². The van der Waals surface area contributed by atoms with Gasteiger partial charge in [-0.1, -0.05) is 24.3 Å². The van der Waals surface area contributed by atoms with Crippen molar-refractivity contribution >= 4 is 50.7 Å². The van der Waals surface area contributed by atoms with Crippen molar-refractivity contribution in [3.63, 3.8) is 0 Å². The number of hydrogen-bond donors (Lipinski definition) is 3. The average Bonchev–Trinajstić information content (AvgIpc) is 3.08. The second-order valence-corrected chi connectivity index (χ2v) is 8.87. The van der Waals surface area contributed by atoms with Gasteiger partial charge in [-0.3, -0.25) is 4.99 Å². The Morgan fingerprint density at radius 2 is 1.87 bits per heavy atom. The highest BCUT2D eigenvalue weighted by Gasteiger charge is 2.18. The minimum atomic E-state index is -3.70. The van der Waals surface area contributed by atoms with E-state index in [1.807, 2.05) is 6.20 Å². The summed E-state index contributed by atoms with van der Waals surface area (Å²) in [6, 6.07) is 11.7. The van der Waals surface area contributed by atoms with Gasteiger partial charge in [0.1, 0.15) is 10.7 Å². The number of aliphatic imine (C=N–C) groups is 1. The second kappa shape index (κ2) is 10.8. The van der Waals surface area contributed by atoms with Crippen LogP contribution in [0.15, 0.2) is 58.5 Å². The molecule has 0 unspecified atom stereocenters. The molecule has 3 rings (SSSR count). The number of fused-ring (bicyclic) bond motifs is 1. The minimum absolute atomic E-state index is 0. The number of aromatic nitrogens is 1. The third-order valence-electron chi connectivity index (χ3n) is 4.67. The fourth-order valence-electron chi connectivity index (χ4n) is 3.15. The van der Waals surface area contributed by atoms with Gasteiger partial charge in [0, 0.05) is 37.2 Å². The van der Waals surface area contributed by atoms with Crippen LogP contribution >= 0.6 is 24.0 Å². The first-order chi connectivity index (χ1) is 13.9. The van der Waals surface area contributed by atoms with E-state index in [-0.39, 0.29) is 41.2 Å². The highest BCUT2D eigenvalue weighted by Crippen LogP contribution is 2.19. The zero-order chi connectivity index (χ0) is 20.9. The molecule has 3 aromatic rings. The molecule has 1 aromatic heterocycles. The lowest BCUT2D eigenvalue weighted by Crippen LogP contribution is -2.40. The van der Waals surface area contributed by atoms with Crippen LogP contribution in [0.3, 0.4) is 0 Å². The number of sulfone groups is 1. The molecule has 0 atom stereocenters. The third kappa shape index (κ3) is 5.94. The maximum absolute atomic E-state index is 13.7. The fourth-order valence-corrected chi connectivity index (χ4v) is 4.40. The van der Waals surface area contributed by atoms with Crippen molar-refractivity contribution in [1.82, 2.24) is 15.6 Å². The molecule has 0 aliphatic rings. The number of halogens is 2. The highest BCUT2D eigenvalue weighted by molar-refractivity contribution is 14.0. The molecule has 2 aromatic carbocycles. The van der Waals surface area contributed by atoms with Crippen LogP contribution in [0.2, 0.25) is 0 Å². The molecule has 1 heterocycles. The molecule has 0 aliphatic heterocycles. The first-order valence-corrected chi connectivity index (χ1v) is 11.0. The van der Waals surface area contributed by atoms with Gasteiger partial charge in [0.2, 0.25) is 0 Å². The van der Waals surface area contributed by atoms with Crippen LogP contribution in [0.5, 0.6) is 0 Å². The summed E-state index contributed by atoms with van der Waals surface area (Å²) in [4.78, 5) is 7.11. The van der Waals surface area contributed by atoms with Gasteiger partial charge in [0.25, 0.3) is 0 Å². The Balaban J connectivity index is 0.00000320. The van der Waals surface area contributed by atoms with Gasteiger partial charge in [-0.2, -0.15) is 0 Å². The number of aromatic amines is 1. The molecule has 0 radical (unpaired) electrons. The Hall–Kier alpha value is -2.14. The Morgan fingerprint density at radius 3 is 2.60 bits per heavy atom. The highest BCUT2D eigenvalue weighted by atomic mass is 127. The second-order valence-electron chi connectivity index (χ2n) is 6.79. The van der Waals surface area contributed by atoms with E-state index in [0.717, 1.165) is 18.0 Å². The van der Waals surface area contributed by atoms with Crippen molar-refractivity contribution < 1.29 is 12.8 Å². The molecule has 0 bridgehead atoms. The number of H-pyrrole nitrogens is 1. The van der Waals surface area contributed by atoms with Crippen molar-refractivity contribution in [1.29, 1.82) is 0 Å². The standard InChI is InChI=1S/C21H25FN4O2S.HI/c1-15-7-8-17-16(14-26-19(17)13-15)9-10-24-21(23-2)25-11-12-29(27,28)20-6-4-3-5-18(20)22;/h3-8,13-14,26H,9-12H2,1-2H3,(H2,23,24,25);1H. The van der Waals surface area contributed by atoms with Crippen LogP contribution in [-0.4, -0.2) is 45.3 Å². The lowest BCUT2D eigenvalue weighted by Gasteiger charge is -2.12. The molecule has 0 saturated carbocycles. The molecule has 0 spiro atoms. The van der Waals surface area contributed by atoms with E-state index in [4.69, 9.17) is 0 Å². The Morgan fingerprint density at radius 1 is 1.13 bits per heavy atom. The lowest BCUT2D eigenvalue weighted by molar-refractivity contribution is 0.566. The maximum atomic E-state index is 13.7. The normalized spacial score (nSPS) is 11.9. The number of guanidine groups is 1. The molecule has 162 valence electrons. The van der Waals surface area contributed by atoms with Crippen molar-refractivity contribution in [2.45, 2.75) is 18.2 Å². The zero-order valence-corrected chi connectivity index (χ0v) is 20.1. The van der Waals surface area contributed by atoms with E-state index in [1.54, 1.807) is 7.05 Å². The minimum Gasteiger partial charge on any atom is -0.361 e. The summed E-state index contributed by atoms with van der Waals surface area (Å²) in [6.07, 6.45) is 2.79. The topological polar surface area (TPSA) is 86.3 Å². The molecular formula is C21H26FIN4O2S. The van der Waals surface area contributed by atoms with Gasteiger partial charge in [0.05, 0.1) is 5.75 Å². The van der Waals surface area contributed by atoms with E-state index < -0.39 is 15.7 Å². The predicted octanol–water partition coefficient (Wildman–Crippen LogP) is 3.41. The van der Waals surface area contributed by atoms with Gasteiger partial charge < -0.3 is 15.6 Å². The van der Waals surface area contributed by atoms with Crippen LogP contribution in [-0.2, 0) is 16.3 Å². The van der Waals surface area contributed by atoms with Crippen molar-refractivity contribution in [2.24, 2.45) is 4.99 Å². The number of nitrogens with zero attached hydrogens (tertiary/aromatic N) is 1. The molecule has 3 N–H and O–H groups in total. The van der Waals surface area contributed by atoms with Gasteiger partial charge in [-0.05, 0) is 42.7 Å². The van der Waals surface area contributed by atoms with Crippen molar-refractivity contribution in [2.75, 3.05) is 25.9 Å². The molecular weight excluding hydrogens is 518 g/mol. The number of rotatable bonds is 7. The summed E-state index contributed by atoms with van der Waals surface area (Å²) < 4.78 is 38.3. The van der Waals surface area contributed by atoms with Crippen LogP contribution in [0.25, 0.3) is 10.9 Å². The monoisotopic (exact) mass is 544 g/mol. The maximum Gasteiger partial charge on any atom is 0.191 e. The van der Waals surface area contributed by atoms with Crippen LogP contribution in [0, 0.1) is 12.7 Å². The number of nitrogens with one attached hydrogen (secondary N) is 3. The predicted molar refractivity (Wildman–Crippen MR) is 130 cm³/mol. The average molecular weight is 544 g/mol. The molecule has 0 fully saturated rings. The Labute approximate surface area is 193 Å². The largest absolute Gasteiger partial charge is 0.361 e. The van der Waals surface area contributed by atoms with Gasteiger partial charge >= 0.3 is 0 Å². The zero-order valence-electron chi connectivity index (χ0n) is 16.9. The van der Waals surface area contributed by atoms with E-state index in [0.29, 0.717) is 12.5 Å². The quantitative estimate of drug-likeness (QED) is 0.242. The third-order valence-corrected chi connectivity index (χ3v) is 6.41. The van der Waals surface area contributed by atoms with Gasteiger partial charge in [-0.25, -0.2) is 12.8 Å². The molecule has 0 aliphatic carbocycles. The van der Waals surface area contributed by atoms with Gasteiger partial charge in [0.15, 0.2) is 15.8 Å². The summed E-state index contributed by atoms with van der Waals surface area (Å²) >= 11 is 0. The molecule has 30 heavy (non-hydrogen) atoms.